The van der Waals surface area contributed by atoms with Gasteiger partial charge >= 0.3 is 12.0 Å². The monoisotopic (exact) mass is 371 g/mol. The Hall–Kier alpha value is -2.48. The fourth-order valence-electron chi connectivity index (χ4n) is 2.13. The summed E-state index contributed by atoms with van der Waals surface area (Å²) in [7, 11) is -3.17. The molecule has 0 N–H and O–H groups in total. The van der Waals surface area contributed by atoms with Crippen molar-refractivity contribution >= 4 is 21.8 Å². The van der Waals surface area contributed by atoms with Crippen LogP contribution in [0.3, 0.4) is 0 Å². The average molecular weight is 371 g/mol. The molecule has 0 aliphatic carbocycles. The number of hydrogen-bond donors (Lipinski definition) is 0. The standard InChI is InChI=1S/C14H21N5O5S/c1-4-18(5-2)14(21)19-10-16-13(17-19)25(22,23)11(12(20)24-3)8-6-7-9-15/h10-11H,4-8H2,1-3H3. The van der Waals surface area contributed by atoms with Crippen molar-refractivity contribution in [1.29, 1.82) is 5.26 Å². The van der Waals surface area contributed by atoms with Gasteiger partial charge in [-0.3, -0.25) is 4.79 Å². The Morgan fingerprint density at radius 1 is 1.40 bits per heavy atom. The van der Waals surface area contributed by atoms with Crippen LogP contribution < -0.4 is 0 Å². The van der Waals surface area contributed by atoms with Crippen LogP contribution in [0.5, 0.6) is 0 Å². The predicted molar refractivity (Wildman–Crippen MR) is 86.2 cm³/mol. The number of nitrogens with zero attached hydrogens (tertiary/aromatic N) is 5. The van der Waals surface area contributed by atoms with E-state index in [1.165, 1.54) is 4.90 Å². The number of unbranched alkanes of at least 4 members (excludes halogenated alkanes) is 1. The molecule has 1 unspecified atom stereocenters. The van der Waals surface area contributed by atoms with E-state index in [2.05, 4.69) is 14.8 Å². The number of amides is 1. The first-order valence-corrected chi connectivity index (χ1v) is 9.27. The van der Waals surface area contributed by atoms with Crippen LogP contribution >= 0.6 is 0 Å². The fourth-order valence-corrected chi connectivity index (χ4v) is 3.61. The van der Waals surface area contributed by atoms with Gasteiger partial charge in [0.15, 0.2) is 5.25 Å². The third-order valence-electron chi connectivity index (χ3n) is 3.55. The molecule has 0 saturated carbocycles. The van der Waals surface area contributed by atoms with Crippen LogP contribution in [0, 0.1) is 11.3 Å². The van der Waals surface area contributed by atoms with Crippen molar-refractivity contribution in [2.24, 2.45) is 0 Å². The summed E-state index contributed by atoms with van der Waals surface area (Å²) in [5, 5.41) is 10.1. The normalized spacial score (nSPS) is 12.2. The Labute approximate surface area is 146 Å². The van der Waals surface area contributed by atoms with Crippen LogP contribution in [0.25, 0.3) is 0 Å². The summed E-state index contributed by atoms with van der Waals surface area (Å²) >= 11 is 0. The van der Waals surface area contributed by atoms with Crippen LogP contribution in [0.4, 0.5) is 4.79 Å². The van der Waals surface area contributed by atoms with Crippen molar-refractivity contribution in [3.63, 3.8) is 0 Å². The number of methoxy groups -OCH3 is 1. The number of sulfone groups is 1. The molecule has 138 valence electrons. The zero-order valence-electron chi connectivity index (χ0n) is 14.4. The lowest BCUT2D eigenvalue weighted by Gasteiger charge is -2.17. The van der Waals surface area contributed by atoms with Gasteiger partial charge in [0.2, 0.25) is 9.84 Å². The van der Waals surface area contributed by atoms with Gasteiger partial charge in [-0.05, 0) is 26.7 Å². The second kappa shape index (κ2) is 9.12. The maximum absolute atomic E-state index is 12.6. The van der Waals surface area contributed by atoms with Crippen molar-refractivity contribution < 1.29 is 22.7 Å². The van der Waals surface area contributed by atoms with E-state index in [-0.39, 0.29) is 19.3 Å². The quantitative estimate of drug-likeness (QED) is 0.479. The molecule has 1 heterocycles. The summed E-state index contributed by atoms with van der Waals surface area (Å²) in [6.07, 6.45) is 1.21. The number of carbonyl (C=O) groups excluding carboxylic acids is 2. The molecule has 1 aromatic rings. The zero-order valence-corrected chi connectivity index (χ0v) is 15.2. The first-order chi connectivity index (χ1) is 11.8. The minimum absolute atomic E-state index is 0.0961. The molecule has 0 saturated heterocycles. The lowest BCUT2D eigenvalue weighted by atomic mass is 10.2. The second-order valence-electron chi connectivity index (χ2n) is 5.03. The maximum Gasteiger partial charge on any atom is 0.346 e. The number of rotatable bonds is 8. The number of hydrogen-bond acceptors (Lipinski definition) is 8. The van der Waals surface area contributed by atoms with Gasteiger partial charge in [-0.15, -0.1) is 5.10 Å². The van der Waals surface area contributed by atoms with Crippen molar-refractivity contribution in [1.82, 2.24) is 19.7 Å². The highest BCUT2D eigenvalue weighted by Crippen LogP contribution is 2.18. The molecule has 0 aliphatic rings. The van der Waals surface area contributed by atoms with Gasteiger partial charge in [-0.1, -0.05) is 0 Å². The smallest absolute Gasteiger partial charge is 0.346 e. The summed E-state index contributed by atoms with van der Waals surface area (Å²) in [6, 6.07) is 1.37. The second-order valence-corrected chi connectivity index (χ2v) is 7.06. The Balaban J connectivity index is 3.12. The van der Waals surface area contributed by atoms with Crippen LogP contribution in [0.1, 0.15) is 33.1 Å². The van der Waals surface area contributed by atoms with E-state index >= 15 is 0 Å². The molecule has 0 aromatic carbocycles. The molecule has 11 heteroatoms. The maximum atomic E-state index is 12.6. The fraction of sp³-hybridized carbons (Fsp3) is 0.643. The van der Waals surface area contributed by atoms with Crippen LogP contribution in [-0.4, -0.2) is 65.5 Å². The van der Waals surface area contributed by atoms with Crippen LogP contribution in [0.2, 0.25) is 0 Å². The van der Waals surface area contributed by atoms with Gasteiger partial charge in [0.1, 0.15) is 6.33 Å². The number of aromatic nitrogens is 3. The van der Waals surface area contributed by atoms with Gasteiger partial charge in [0.05, 0.1) is 13.2 Å². The topological polar surface area (TPSA) is 135 Å². The van der Waals surface area contributed by atoms with E-state index in [9.17, 15) is 18.0 Å². The van der Waals surface area contributed by atoms with Crippen molar-refractivity contribution in [2.45, 2.75) is 43.5 Å². The molecule has 0 radical (unpaired) electrons. The lowest BCUT2D eigenvalue weighted by Crippen LogP contribution is -2.35. The molecule has 1 aromatic heterocycles. The molecule has 0 spiro atoms. The molecule has 25 heavy (non-hydrogen) atoms. The molecule has 1 atom stereocenters. The van der Waals surface area contributed by atoms with Crippen LogP contribution in [-0.2, 0) is 19.4 Å². The summed E-state index contributed by atoms with van der Waals surface area (Å²) < 4.78 is 30.6. The highest BCUT2D eigenvalue weighted by atomic mass is 32.2. The predicted octanol–water partition coefficient (Wildman–Crippen LogP) is 0.597. The first-order valence-electron chi connectivity index (χ1n) is 7.73. The lowest BCUT2D eigenvalue weighted by molar-refractivity contribution is -0.140. The largest absolute Gasteiger partial charge is 0.468 e. The summed E-state index contributed by atoms with van der Waals surface area (Å²) in [5.74, 6) is -0.954. The van der Waals surface area contributed by atoms with Gasteiger partial charge in [0, 0.05) is 19.5 Å². The van der Waals surface area contributed by atoms with E-state index in [0.29, 0.717) is 13.1 Å². The average Bonchev–Trinajstić information content (AvgIpc) is 3.10. The minimum atomic E-state index is -4.24. The third-order valence-corrected chi connectivity index (χ3v) is 5.42. The van der Waals surface area contributed by atoms with Gasteiger partial charge in [0.25, 0.3) is 5.16 Å². The minimum Gasteiger partial charge on any atom is -0.468 e. The number of esters is 1. The van der Waals surface area contributed by atoms with E-state index in [1.54, 1.807) is 13.8 Å². The van der Waals surface area contributed by atoms with Gasteiger partial charge < -0.3 is 9.64 Å². The van der Waals surface area contributed by atoms with E-state index < -0.39 is 32.2 Å². The van der Waals surface area contributed by atoms with Gasteiger partial charge in [-0.25, -0.2) is 18.2 Å². The van der Waals surface area contributed by atoms with Crippen molar-refractivity contribution in [3.05, 3.63) is 6.33 Å². The Morgan fingerprint density at radius 2 is 2.04 bits per heavy atom. The Bertz CT molecular complexity index is 748. The number of carbonyl (C=O) groups is 2. The third kappa shape index (κ3) is 4.76. The van der Waals surface area contributed by atoms with Crippen molar-refractivity contribution in [2.75, 3.05) is 20.2 Å². The number of ether oxygens (including phenoxy) is 1. The molecular formula is C14H21N5O5S. The Morgan fingerprint density at radius 3 is 2.56 bits per heavy atom. The first kappa shape index (κ1) is 20.6. The van der Waals surface area contributed by atoms with Crippen LogP contribution in [0.15, 0.2) is 11.5 Å². The van der Waals surface area contributed by atoms with E-state index in [1.807, 2.05) is 6.07 Å². The summed E-state index contributed by atoms with van der Waals surface area (Å²) in [4.78, 5) is 29.1. The zero-order chi connectivity index (χ0) is 19.0. The van der Waals surface area contributed by atoms with E-state index in [0.717, 1.165) is 18.1 Å². The van der Waals surface area contributed by atoms with Gasteiger partial charge in [-0.2, -0.15) is 9.94 Å². The van der Waals surface area contributed by atoms with Crippen molar-refractivity contribution in [3.8, 4) is 6.07 Å². The highest BCUT2D eigenvalue weighted by Gasteiger charge is 2.37. The number of nitriles is 1. The molecule has 10 nitrogen and oxygen atoms in total. The molecule has 0 fully saturated rings. The molecular weight excluding hydrogens is 350 g/mol. The highest BCUT2D eigenvalue weighted by molar-refractivity contribution is 7.92. The summed E-state index contributed by atoms with van der Waals surface area (Å²) in [5.41, 5.74) is 0. The molecule has 0 bridgehead atoms. The van der Waals surface area contributed by atoms with E-state index in [4.69, 9.17) is 5.26 Å². The summed E-state index contributed by atoms with van der Waals surface area (Å²) in [6.45, 7) is 4.41. The SMILES string of the molecule is CCN(CC)C(=O)n1cnc(S(=O)(=O)C(CCCC#N)C(=O)OC)n1. The molecule has 1 amide bonds. The Kier molecular flexibility index (Phi) is 7.50. The molecule has 1 rings (SSSR count). The molecule has 0 aliphatic heterocycles.